The minimum atomic E-state index is -3.56. The van der Waals surface area contributed by atoms with Gasteiger partial charge < -0.3 is 4.42 Å². The predicted octanol–water partition coefficient (Wildman–Crippen LogP) is 1.38. The highest BCUT2D eigenvalue weighted by molar-refractivity contribution is 7.89. The van der Waals surface area contributed by atoms with E-state index in [9.17, 15) is 8.42 Å². The molecular formula is C13H23N3O3S. The summed E-state index contributed by atoms with van der Waals surface area (Å²) in [6.45, 7) is 10.5. The second-order valence-electron chi connectivity index (χ2n) is 6.34. The predicted molar refractivity (Wildman–Crippen MR) is 75.9 cm³/mol. The van der Waals surface area contributed by atoms with Crippen LogP contribution in [-0.4, -0.2) is 43.5 Å². The number of hydrogen-bond donors (Lipinski definition) is 1. The Kier molecular flexibility index (Phi) is 4.22. The fourth-order valence-electron chi connectivity index (χ4n) is 2.46. The van der Waals surface area contributed by atoms with Gasteiger partial charge >= 0.3 is 0 Å². The fraction of sp³-hybridized carbons (Fsp3) is 0.769. The SMILES string of the molecule is Cc1ocnc1S(=O)(=O)NCC1CCN(C(C)(C)C)C1. The van der Waals surface area contributed by atoms with E-state index in [2.05, 4.69) is 35.4 Å². The highest BCUT2D eigenvalue weighted by Gasteiger charge is 2.31. The van der Waals surface area contributed by atoms with Crippen molar-refractivity contribution in [3.05, 3.63) is 12.2 Å². The maximum Gasteiger partial charge on any atom is 0.261 e. The number of rotatable bonds is 4. The molecule has 0 aliphatic carbocycles. The zero-order valence-electron chi connectivity index (χ0n) is 12.5. The van der Waals surface area contributed by atoms with E-state index >= 15 is 0 Å². The zero-order chi connectivity index (χ0) is 15.0. The Balaban J connectivity index is 1.93. The number of aryl methyl sites for hydroxylation is 1. The van der Waals surface area contributed by atoms with Gasteiger partial charge in [-0.25, -0.2) is 18.1 Å². The van der Waals surface area contributed by atoms with Crippen LogP contribution in [0.5, 0.6) is 0 Å². The minimum Gasteiger partial charge on any atom is -0.447 e. The summed E-state index contributed by atoms with van der Waals surface area (Å²) in [5, 5.41) is -0.0109. The summed E-state index contributed by atoms with van der Waals surface area (Å²) in [5.41, 5.74) is 0.135. The molecule has 7 heteroatoms. The van der Waals surface area contributed by atoms with Crippen molar-refractivity contribution in [3.63, 3.8) is 0 Å². The molecule has 0 amide bonds. The molecular weight excluding hydrogens is 278 g/mol. The number of hydrogen-bond acceptors (Lipinski definition) is 5. The van der Waals surface area contributed by atoms with Gasteiger partial charge in [-0.2, -0.15) is 0 Å². The van der Waals surface area contributed by atoms with Gasteiger partial charge in [0.25, 0.3) is 10.0 Å². The Morgan fingerprint density at radius 2 is 2.20 bits per heavy atom. The normalized spacial score (nSPS) is 21.5. The Labute approximate surface area is 120 Å². The molecule has 1 N–H and O–H groups in total. The lowest BCUT2D eigenvalue weighted by molar-refractivity contribution is 0.168. The van der Waals surface area contributed by atoms with Crippen LogP contribution in [0, 0.1) is 12.8 Å². The van der Waals surface area contributed by atoms with Crippen LogP contribution in [0.4, 0.5) is 0 Å². The van der Waals surface area contributed by atoms with E-state index < -0.39 is 10.0 Å². The molecule has 20 heavy (non-hydrogen) atoms. The van der Waals surface area contributed by atoms with Crippen LogP contribution in [0.15, 0.2) is 15.8 Å². The smallest absolute Gasteiger partial charge is 0.261 e. The van der Waals surface area contributed by atoms with Crippen molar-refractivity contribution >= 4 is 10.0 Å². The van der Waals surface area contributed by atoms with Gasteiger partial charge in [0.1, 0.15) is 5.76 Å². The molecule has 1 aromatic heterocycles. The number of sulfonamides is 1. The zero-order valence-corrected chi connectivity index (χ0v) is 13.3. The molecule has 0 bridgehead atoms. The van der Waals surface area contributed by atoms with Gasteiger partial charge in [0.05, 0.1) is 0 Å². The van der Waals surface area contributed by atoms with E-state index in [0.29, 0.717) is 18.2 Å². The molecule has 2 heterocycles. The van der Waals surface area contributed by atoms with Crippen molar-refractivity contribution in [1.82, 2.24) is 14.6 Å². The average Bonchev–Trinajstić information content (AvgIpc) is 2.94. The molecule has 114 valence electrons. The summed E-state index contributed by atoms with van der Waals surface area (Å²) in [4.78, 5) is 6.14. The maximum atomic E-state index is 12.1. The van der Waals surface area contributed by atoms with Crippen LogP contribution in [0.1, 0.15) is 33.0 Å². The molecule has 6 nitrogen and oxygen atoms in total. The molecule has 1 unspecified atom stereocenters. The molecule has 1 aliphatic heterocycles. The van der Waals surface area contributed by atoms with E-state index in [1.165, 1.54) is 0 Å². The van der Waals surface area contributed by atoms with E-state index in [0.717, 1.165) is 25.9 Å². The maximum absolute atomic E-state index is 12.1. The van der Waals surface area contributed by atoms with Gasteiger partial charge in [0, 0.05) is 18.6 Å². The number of nitrogens with zero attached hydrogens (tertiary/aromatic N) is 2. The molecule has 1 fully saturated rings. The molecule has 0 radical (unpaired) electrons. The van der Waals surface area contributed by atoms with Gasteiger partial charge in [0.2, 0.25) is 5.03 Å². The quantitative estimate of drug-likeness (QED) is 0.909. The van der Waals surface area contributed by atoms with Crippen molar-refractivity contribution < 1.29 is 12.8 Å². The van der Waals surface area contributed by atoms with Crippen LogP contribution >= 0.6 is 0 Å². The van der Waals surface area contributed by atoms with Gasteiger partial charge in [0.15, 0.2) is 6.39 Å². The summed E-state index contributed by atoms with van der Waals surface area (Å²) in [6, 6.07) is 0. The Bertz CT molecular complexity index is 560. The second kappa shape index (κ2) is 5.46. The second-order valence-corrected chi connectivity index (χ2v) is 8.02. The molecule has 1 aliphatic rings. The summed E-state index contributed by atoms with van der Waals surface area (Å²) in [6.07, 6.45) is 2.17. The van der Waals surface area contributed by atoms with Gasteiger partial charge in [-0.3, -0.25) is 4.90 Å². The highest BCUT2D eigenvalue weighted by Crippen LogP contribution is 2.24. The minimum absolute atomic E-state index is 0.0109. The Morgan fingerprint density at radius 3 is 2.70 bits per heavy atom. The van der Waals surface area contributed by atoms with Crippen LogP contribution < -0.4 is 4.72 Å². The Hall–Kier alpha value is -0.920. The molecule has 0 aromatic carbocycles. The van der Waals surface area contributed by atoms with Gasteiger partial charge in [-0.1, -0.05) is 0 Å². The Morgan fingerprint density at radius 1 is 1.50 bits per heavy atom. The van der Waals surface area contributed by atoms with E-state index in [4.69, 9.17) is 4.42 Å². The fourth-order valence-corrected chi connectivity index (χ4v) is 3.66. The summed E-state index contributed by atoms with van der Waals surface area (Å²) >= 11 is 0. The monoisotopic (exact) mass is 301 g/mol. The van der Waals surface area contributed by atoms with E-state index in [-0.39, 0.29) is 10.6 Å². The van der Waals surface area contributed by atoms with Crippen LogP contribution in [0.2, 0.25) is 0 Å². The van der Waals surface area contributed by atoms with Crippen molar-refractivity contribution in [2.24, 2.45) is 5.92 Å². The number of aromatic nitrogens is 1. The van der Waals surface area contributed by atoms with Crippen LogP contribution in [0.25, 0.3) is 0 Å². The van der Waals surface area contributed by atoms with Crippen molar-refractivity contribution in [3.8, 4) is 0 Å². The summed E-state index contributed by atoms with van der Waals surface area (Å²) in [5.74, 6) is 0.663. The average molecular weight is 301 g/mol. The first-order chi connectivity index (χ1) is 9.20. The van der Waals surface area contributed by atoms with Crippen molar-refractivity contribution in [2.75, 3.05) is 19.6 Å². The molecule has 1 atom stereocenters. The summed E-state index contributed by atoms with van der Waals surface area (Å²) in [7, 11) is -3.56. The molecule has 0 saturated carbocycles. The third-order valence-corrected chi connectivity index (χ3v) is 5.20. The molecule has 1 aromatic rings. The number of nitrogens with one attached hydrogen (secondary N) is 1. The standard InChI is InChI=1S/C13H23N3O3S/c1-10-12(14-9-19-10)20(17,18)15-7-11-5-6-16(8-11)13(2,3)4/h9,11,15H,5-8H2,1-4H3. The summed E-state index contributed by atoms with van der Waals surface area (Å²) < 4.78 is 31.8. The van der Waals surface area contributed by atoms with Crippen molar-refractivity contribution in [1.29, 1.82) is 0 Å². The van der Waals surface area contributed by atoms with Gasteiger partial charge in [-0.15, -0.1) is 0 Å². The lowest BCUT2D eigenvalue weighted by atomic mass is 10.1. The van der Waals surface area contributed by atoms with E-state index in [1.54, 1.807) is 6.92 Å². The first-order valence-electron chi connectivity index (χ1n) is 6.85. The lowest BCUT2D eigenvalue weighted by Gasteiger charge is -2.31. The van der Waals surface area contributed by atoms with Gasteiger partial charge in [-0.05, 0) is 46.6 Å². The van der Waals surface area contributed by atoms with Crippen LogP contribution in [-0.2, 0) is 10.0 Å². The third kappa shape index (κ3) is 3.39. The molecule has 0 spiro atoms. The largest absolute Gasteiger partial charge is 0.447 e. The van der Waals surface area contributed by atoms with Crippen molar-refractivity contribution in [2.45, 2.75) is 44.7 Å². The molecule has 2 rings (SSSR count). The highest BCUT2D eigenvalue weighted by atomic mass is 32.2. The van der Waals surface area contributed by atoms with E-state index in [1.807, 2.05) is 0 Å². The topological polar surface area (TPSA) is 75.4 Å². The number of oxazole rings is 1. The number of likely N-dealkylation sites (tertiary alicyclic amines) is 1. The lowest BCUT2D eigenvalue weighted by Crippen LogP contribution is -2.40. The molecule has 1 saturated heterocycles. The van der Waals surface area contributed by atoms with Crippen LogP contribution in [0.3, 0.4) is 0 Å². The first kappa shape index (κ1) is 15.5. The third-order valence-electron chi connectivity index (χ3n) is 3.75. The first-order valence-corrected chi connectivity index (χ1v) is 8.33.